The lowest BCUT2D eigenvalue weighted by molar-refractivity contribution is -0.139. The first kappa shape index (κ1) is 26.7. The SMILES string of the molecule is CCOC(=O)C1=C(C)N=c2sc(=Cc3cn(C(C)C)c4ccccc34)c(=O)n2C1c1ccccc1OC(C)C. The number of ether oxygens (including phenoxy) is 2. The number of esters is 1. The van der Waals surface area contributed by atoms with Gasteiger partial charge in [-0.05, 0) is 59.8 Å². The van der Waals surface area contributed by atoms with Crippen LogP contribution in [0.4, 0.5) is 0 Å². The number of fused-ring (bicyclic) bond motifs is 2. The lowest BCUT2D eigenvalue weighted by Gasteiger charge is -2.26. The Bertz CT molecular complexity index is 1770. The largest absolute Gasteiger partial charge is 0.491 e. The molecule has 0 saturated heterocycles. The van der Waals surface area contributed by atoms with Gasteiger partial charge >= 0.3 is 5.97 Å². The Labute approximate surface area is 231 Å². The second-order valence-electron chi connectivity index (χ2n) is 10.1. The van der Waals surface area contributed by atoms with Crippen molar-refractivity contribution in [1.29, 1.82) is 0 Å². The summed E-state index contributed by atoms with van der Waals surface area (Å²) >= 11 is 1.32. The van der Waals surface area contributed by atoms with Gasteiger partial charge in [-0.2, -0.15) is 0 Å². The maximum Gasteiger partial charge on any atom is 0.338 e. The number of carbonyl (C=O) groups excluding carboxylic acids is 1. The molecule has 5 rings (SSSR count). The van der Waals surface area contributed by atoms with Crippen molar-refractivity contribution < 1.29 is 14.3 Å². The second-order valence-corrected chi connectivity index (χ2v) is 11.1. The van der Waals surface area contributed by atoms with Crippen LogP contribution in [0, 0.1) is 0 Å². The van der Waals surface area contributed by atoms with Crippen LogP contribution >= 0.6 is 11.3 Å². The Hall–Kier alpha value is -3.91. The van der Waals surface area contributed by atoms with E-state index in [1.807, 2.05) is 56.3 Å². The predicted molar refractivity (Wildman–Crippen MR) is 155 cm³/mol. The van der Waals surface area contributed by atoms with Gasteiger partial charge in [0.05, 0.1) is 28.5 Å². The molecule has 2 aromatic heterocycles. The highest BCUT2D eigenvalue weighted by Gasteiger charge is 2.35. The van der Waals surface area contributed by atoms with Gasteiger partial charge in [0.15, 0.2) is 4.80 Å². The molecule has 0 saturated carbocycles. The maximum absolute atomic E-state index is 14.1. The van der Waals surface area contributed by atoms with Crippen LogP contribution in [0.3, 0.4) is 0 Å². The number of hydrogen-bond acceptors (Lipinski definition) is 6. The summed E-state index contributed by atoms with van der Waals surface area (Å²) in [6.07, 6.45) is 3.94. The van der Waals surface area contributed by atoms with E-state index in [0.717, 1.165) is 16.5 Å². The van der Waals surface area contributed by atoms with Crippen molar-refractivity contribution in [2.45, 2.75) is 59.7 Å². The number of allylic oxidation sites excluding steroid dienone is 1. The smallest absolute Gasteiger partial charge is 0.338 e. The normalized spacial score (nSPS) is 15.7. The third kappa shape index (κ3) is 4.85. The predicted octanol–water partition coefficient (Wildman–Crippen LogP) is 5.12. The minimum Gasteiger partial charge on any atom is -0.491 e. The Morgan fingerprint density at radius 1 is 1.10 bits per heavy atom. The molecule has 1 unspecified atom stereocenters. The van der Waals surface area contributed by atoms with Crippen LogP contribution in [-0.2, 0) is 9.53 Å². The van der Waals surface area contributed by atoms with Crippen molar-refractivity contribution in [2.24, 2.45) is 4.99 Å². The topological polar surface area (TPSA) is 74.8 Å². The van der Waals surface area contributed by atoms with Gasteiger partial charge in [0, 0.05) is 34.3 Å². The highest BCUT2D eigenvalue weighted by Crippen LogP contribution is 2.36. The third-order valence-corrected chi connectivity index (χ3v) is 7.69. The average Bonchev–Trinajstić information content (AvgIpc) is 3.41. The lowest BCUT2D eigenvalue weighted by Crippen LogP contribution is -2.40. The number of nitrogens with zero attached hydrogens (tertiary/aromatic N) is 3. The molecule has 1 atom stereocenters. The Morgan fingerprint density at radius 3 is 2.54 bits per heavy atom. The standard InChI is InChI=1S/C31H33N3O4S/c1-7-37-30(36)27-20(6)32-31-34(28(27)23-13-9-11-15-25(23)38-19(4)5)29(35)26(39-31)16-21-17-33(18(2)3)24-14-10-8-12-22(21)24/h8-19,28H,7H2,1-6H3. The van der Waals surface area contributed by atoms with Crippen LogP contribution in [0.2, 0.25) is 0 Å². The van der Waals surface area contributed by atoms with Crippen LogP contribution < -0.4 is 19.6 Å². The zero-order valence-electron chi connectivity index (χ0n) is 23.1. The van der Waals surface area contributed by atoms with E-state index in [2.05, 4.69) is 36.7 Å². The number of aromatic nitrogens is 2. The molecule has 0 aliphatic carbocycles. The van der Waals surface area contributed by atoms with E-state index < -0.39 is 12.0 Å². The van der Waals surface area contributed by atoms with Gasteiger partial charge in [0.2, 0.25) is 0 Å². The summed E-state index contributed by atoms with van der Waals surface area (Å²) in [7, 11) is 0. The van der Waals surface area contributed by atoms with E-state index in [0.29, 0.717) is 31.9 Å². The zero-order chi connectivity index (χ0) is 27.8. The monoisotopic (exact) mass is 543 g/mol. The number of thiazole rings is 1. The molecule has 39 heavy (non-hydrogen) atoms. The van der Waals surface area contributed by atoms with Crippen molar-refractivity contribution in [3.05, 3.63) is 96.8 Å². The highest BCUT2D eigenvalue weighted by atomic mass is 32.1. The highest BCUT2D eigenvalue weighted by molar-refractivity contribution is 7.07. The minimum atomic E-state index is -0.727. The average molecular weight is 544 g/mol. The van der Waals surface area contributed by atoms with Crippen LogP contribution in [0.5, 0.6) is 5.75 Å². The second kappa shape index (κ2) is 10.7. The van der Waals surface area contributed by atoms with E-state index in [4.69, 9.17) is 14.5 Å². The molecule has 0 amide bonds. The van der Waals surface area contributed by atoms with E-state index in [1.165, 1.54) is 11.3 Å². The molecular weight excluding hydrogens is 510 g/mol. The van der Waals surface area contributed by atoms with Crippen LogP contribution in [-0.4, -0.2) is 27.8 Å². The molecule has 4 aromatic rings. The fourth-order valence-corrected chi connectivity index (χ4v) is 6.11. The van der Waals surface area contributed by atoms with E-state index >= 15 is 0 Å². The number of hydrogen-bond donors (Lipinski definition) is 0. The summed E-state index contributed by atoms with van der Waals surface area (Å²) in [5, 5.41) is 1.08. The van der Waals surface area contributed by atoms with Gasteiger partial charge in [-0.25, -0.2) is 9.79 Å². The van der Waals surface area contributed by atoms with Crippen molar-refractivity contribution in [2.75, 3.05) is 6.61 Å². The molecule has 8 heteroatoms. The van der Waals surface area contributed by atoms with Gasteiger partial charge in [0.25, 0.3) is 5.56 Å². The molecule has 1 aliphatic heterocycles. The fraction of sp³-hybridized carbons (Fsp3) is 0.323. The molecule has 0 spiro atoms. The Kier molecular flexibility index (Phi) is 7.32. The number of para-hydroxylation sites is 2. The van der Waals surface area contributed by atoms with Gasteiger partial charge in [-0.15, -0.1) is 0 Å². The van der Waals surface area contributed by atoms with E-state index in [9.17, 15) is 9.59 Å². The summed E-state index contributed by atoms with van der Waals surface area (Å²) in [5.41, 5.74) is 3.45. The van der Waals surface area contributed by atoms with Gasteiger partial charge in [-0.1, -0.05) is 47.7 Å². The molecular formula is C31H33N3O4S. The molecule has 202 valence electrons. The van der Waals surface area contributed by atoms with Crippen LogP contribution in [0.1, 0.15) is 64.8 Å². The van der Waals surface area contributed by atoms with Crippen molar-refractivity contribution in [1.82, 2.24) is 9.13 Å². The first-order valence-electron chi connectivity index (χ1n) is 13.3. The first-order chi connectivity index (χ1) is 18.7. The fourth-order valence-electron chi connectivity index (χ4n) is 5.07. The third-order valence-electron chi connectivity index (χ3n) is 6.71. The molecule has 0 fully saturated rings. The summed E-state index contributed by atoms with van der Waals surface area (Å²) in [6.45, 7) is 11.9. The molecule has 1 aliphatic rings. The summed E-state index contributed by atoms with van der Waals surface area (Å²) in [5.74, 6) is 0.126. The van der Waals surface area contributed by atoms with Gasteiger partial charge < -0.3 is 14.0 Å². The Morgan fingerprint density at radius 2 is 1.82 bits per heavy atom. The summed E-state index contributed by atoms with van der Waals surface area (Å²) in [4.78, 5) is 32.6. The first-order valence-corrected chi connectivity index (χ1v) is 14.1. The van der Waals surface area contributed by atoms with Crippen molar-refractivity contribution in [3.63, 3.8) is 0 Å². The summed E-state index contributed by atoms with van der Waals surface area (Å²) in [6, 6.07) is 15.3. The van der Waals surface area contributed by atoms with Gasteiger partial charge in [0.1, 0.15) is 11.8 Å². The maximum atomic E-state index is 14.1. The van der Waals surface area contributed by atoms with E-state index in [1.54, 1.807) is 18.4 Å². The van der Waals surface area contributed by atoms with Crippen LogP contribution in [0.25, 0.3) is 17.0 Å². The zero-order valence-corrected chi connectivity index (χ0v) is 23.9. The quantitative estimate of drug-likeness (QED) is 0.303. The molecule has 3 heterocycles. The van der Waals surface area contributed by atoms with Crippen molar-refractivity contribution >= 4 is 34.3 Å². The van der Waals surface area contributed by atoms with Crippen molar-refractivity contribution in [3.8, 4) is 5.75 Å². The molecule has 0 bridgehead atoms. The molecule has 2 aromatic carbocycles. The molecule has 0 N–H and O–H groups in total. The molecule has 7 nitrogen and oxygen atoms in total. The Balaban J connectivity index is 1.77. The lowest BCUT2D eigenvalue weighted by atomic mass is 9.95. The summed E-state index contributed by atoms with van der Waals surface area (Å²) < 4.78 is 15.9. The minimum absolute atomic E-state index is 0.0867. The van der Waals surface area contributed by atoms with Crippen LogP contribution in [0.15, 0.2) is 75.8 Å². The van der Waals surface area contributed by atoms with E-state index in [-0.39, 0.29) is 24.3 Å². The number of benzene rings is 2. The van der Waals surface area contributed by atoms with Gasteiger partial charge in [-0.3, -0.25) is 9.36 Å². The number of carbonyl (C=O) groups is 1. The molecule has 0 radical (unpaired) electrons. The number of rotatable bonds is 7.